The molecule has 0 aromatic heterocycles. The SMILES string of the molecule is CN=C(NCCc1cccc2ccccc12)NC1CC=CC1.I. The average molecular weight is 421 g/mol. The normalized spacial score (nSPS) is 14.7. The maximum absolute atomic E-state index is 4.31. The van der Waals surface area contributed by atoms with Crippen molar-refractivity contribution in [2.75, 3.05) is 13.6 Å². The highest BCUT2D eigenvalue weighted by Crippen LogP contribution is 2.18. The molecule has 0 atom stereocenters. The van der Waals surface area contributed by atoms with E-state index >= 15 is 0 Å². The first-order valence-corrected chi connectivity index (χ1v) is 7.95. The summed E-state index contributed by atoms with van der Waals surface area (Å²) in [4.78, 5) is 4.31. The van der Waals surface area contributed by atoms with Gasteiger partial charge in [-0.3, -0.25) is 4.99 Å². The quantitative estimate of drug-likeness (QED) is 0.340. The van der Waals surface area contributed by atoms with Gasteiger partial charge in [0.2, 0.25) is 0 Å². The van der Waals surface area contributed by atoms with E-state index in [2.05, 4.69) is 70.2 Å². The lowest BCUT2D eigenvalue weighted by atomic mass is 10.0. The van der Waals surface area contributed by atoms with Crippen LogP contribution in [0.3, 0.4) is 0 Å². The molecule has 1 aliphatic rings. The number of nitrogens with one attached hydrogen (secondary N) is 2. The van der Waals surface area contributed by atoms with E-state index in [9.17, 15) is 0 Å². The van der Waals surface area contributed by atoms with E-state index in [1.165, 1.54) is 16.3 Å². The average Bonchev–Trinajstić information content (AvgIpc) is 3.07. The number of aliphatic imine (C=N–C) groups is 1. The Morgan fingerprint density at radius 2 is 1.83 bits per heavy atom. The van der Waals surface area contributed by atoms with Crippen molar-refractivity contribution in [1.29, 1.82) is 0 Å². The van der Waals surface area contributed by atoms with Crippen LogP contribution in [0.5, 0.6) is 0 Å². The molecule has 0 fully saturated rings. The molecule has 2 aromatic rings. The molecule has 2 N–H and O–H groups in total. The third-order valence-electron chi connectivity index (χ3n) is 4.14. The molecule has 0 unspecified atom stereocenters. The fourth-order valence-electron chi connectivity index (χ4n) is 2.95. The predicted octanol–water partition coefficient (Wildman–Crippen LogP) is 3.88. The lowest BCUT2D eigenvalue weighted by molar-refractivity contribution is 0.633. The lowest BCUT2D eigenvalue weighted by Crippen LogP contribution is -2.43. The van der Waals surface area contributed by atoms with Gasteiger partial charge in [0, 0.05) is 19.6 Å². The molecule has 4 heteroatoms. The molecule has 0 amide bonds. The summed E-state index contributed by atoms with van der Waals surface area (Å²) in [5, 5.41) is 9.53. The number of hydrogen-bond acceptors (Lipinski definition) is 1. The van der Waals surface area contributed by atoms with Crippen molar-refractivity contribution in [2.24, 2.45) is 4.99 Å². The van der Waals surface area contributed by atoms with Crippen molar-refractivity contribution in [3.8, 4) is 0 Å². The minimum atomic E-state index is 0. The topological polar surface area (TPSA) is 36.4 Å². The van der Waals surface area contributed by atoms with E-state index in [1.807, 2.05) is 7.05 Å². The molecule has 3 rings (SSSR count). The van der Waals surface area contributed by atoms with E-state index < -0.39 is 0 Å². The van der Waals surface area contributed by atoms with Crippen molar-refractivity contribution in [3.05, 3.63) is 60.2 Å². The molecule has 0 saturated heterocycles. The van der Waals surface area contributed by atoms with Gasteiger partial charge in [0.05, 0.1) is 0 Å². The van der Waals surface area contributed by atoms with Crippen molar-refractivity contribution in [2.45, 2.75) is 25.3 Å². The van der Waals surface area contributed by atoms with Gasteiger partial charge in [-0.25, -0.2) is 0 Å². The fraction of sp³-hybridized carbons (Fsp3) is 0.316. The van der Waals surface area contributed by atoms with Gasteiger partial charge in [-0.15, -0.1) is 24.0 Å². The molecule has 23 heavy (non-hydrogen) atoms. The molecule has 3 nitrogen and oxygen atoms in total. The number of fused-ring (bicyclic) bond motifs is 1. The number of nitrogens with zero attached hydrogens (tertiary/aromatic N) is 1. The molecule has 0 aliphatic heterocycles. The summed E-state index contributed by atoms with van der Waals surface area (Å²) in [6.07, 6.45) is 7.61. The van der Waals surface area contributed by atoms with Crippen LogP contribution in [0.1, 0.15) is 18.4 Å². The summed E-state index contributed by atoms with van der Waals surface area (Å²) in [5.74, 6) is 0.897. The van der Waals surface area contributed by atoms with Crippen LogP contribution in [0.4, 0.5) is 0 Å². The molecule has 0 saturated carbocycles. The Hall–Kier alpha value is -1.56. The largest absolute Gasteiger partial charge is 0.356 e. The summed E-state index contributed by atoms with van der Waals surface area (Å²) in [7, 11) is 1.83. The first-order valence-electron chi connectivity index (χ1n) is 7.95. The van der Waals surface area contributed by atoms with E-state index in [1.54, 1.807) is 0 Å². The van der Waals surface area contributed by atoms with Gasteiger partial charge in [0.1, 0.15) is 0 Å². The Morgan fingerprint density at radius 3 is 2.61 bits per heavy atom. The van der Waals surface area contributed by atoms with Gasteiger partial charge in [0.15, 0.2) is 5.96 Å². The van der Waals surface area contributed by atoms with E-state index in [4.69, 9.17) is 0 Å². The molecule has 0 bridgehead atoms. The minimum absolute atomic E-state index is 0. The summed E-state index contributed by atoms with van der Waals surface area (Å²) >= 11 is 0. The summed E-state index contributed by atoms with van der Waals surface area (Å²) in [5.41, 5.74) is 1.38. The highest BCUT2D eigenvalue weighted by molar-refractivity contribution is 14.0. The van der Waals surface area contributed by atoms with E-state index in [0.717, 1.165) is 31.8 Å². The van der Waals surface area contributed by atoms with Gasteiger partial charge >= 0.3 is 0 Å². The maximum Gasteiger partial charge on any atom is 0.191 e. The molecule has 2 aromatic carbocycles. The first-order chi connectivity index (χ1) is 10.9. The third kappa shape index (κ3) is 4.70. The Bertz CT molecular complexity index is 681. The first kappa shape index (κ1) is 17.8. The zero-order chi connectivity index (χ0) is 15.2. The van der Waals surface area contributed by atoms with Crippen molar-refractivity contribution < 1.29 is 0 Å². The second-order valence-electron chi connectivity index (χ2n) is 5.67. The zero-order valence-electron chi connectivity index (χ0n) is 13.5. The number of rotatable bonds is 4. The third-order valence-corrected chi connectivity index (χ3v) is 4.14. The van der Waals surface area contributed by atoms with Crippen LogP contribution in [-0.4, -0.2) is 25.6 Å². The van der Waals surface area contributed by atoms with Crippen LogP contribution in [0.15, 0.2) is 59.6 Å². The van der Waals surface area contributed by atoms with Crippen LogP contribution in [0.25, 0.3) is 10.8 Å². The van der Waals surface area contributed by atoms with Crippen molar-refractivity contribution >= 4 is 40.7 Å². The summed E-state index contributed by atoms with van der Waals surface area (Å²) in [6, 6.07) is 15.6. The molecule has 1 aliphatic carbocycles. The Labute approximate surface area is 155 Å². The van der Waals surface area contributed by atoms with E-state index in [-0.39, 0.29) is 24.0 Å². The summed E-state index contributed by atoms with van der Waals surface area (Å²) in [6.45, 7) is 0.883. The van der Waals surface area contributed by atoms with Gasteiger partial charge in [0.25, 0.3) is 0 Å². The molecular weight excluding hydrogens is 397 g/mol. The van der Waals surface area contributed by atoms with E-state index in [0.29, 0.717) is 6.04 Å². The molecule has 0 heterocycles. The monoisotopic (exact) mass is 421 g/mol. The highest BCUT2D eigenvalue weighted by atomic mass is 127. The molecule has 0 radical (unpaired) electrons. The Morgan fingerprint density at radius 1 is 1.09 bits per heavy atom. The molecular formula is C19H24IN3. The number of guanidine groups is 1. The van der Waals surface area contributed by atoms with Crippen molar-refractivity contribution in [1.82, 2.24) is 10.6 Å². The van der Waals surface area contributed by atoms with Gasteiger partial charge < -0.3 is 10.6 Å². The predicted molar refractivity (Wildman–Crippen MR) is 110 cm³/mol. The van der Waals surface area contributed by atoms with Crippen molar-refractivity contribution in [3.63, 3.8) is 0 Å². The second-order valence-corrected chi connectivity index (χ2v) is 5.67. The maximum atomic E-state index is 4.31. The Kier molecular flexibility index (Phi) is 6.89. The lowest BCUT2D eigenvalue weighted by Gasteiger charge is -2.17. The van der Waals surface area contributed by atoms with Crippen LogP contribution in [-0.2, 0) is 6.42 Å². The highest BCUT2D eigenvalue weighted by Gasteiger charge is 2.11. The van der Waals surface area contributed by atoms with Crippen LogP contribution in [0, 0.1) is 0 Å². The van der Waals surface area contributed by atoms with Gasteiger partial charge in [-0.05, 0) is 35.6 Å². The smallest absolute Gasteiger partial charge is 0.191 e. The summed E-state index contributed by atoms with van der Waals surface area (Å²) < 4.78 is 0. The standard InChI is InChI=1S/C19H23N3.HI/c1-20-19(22-17-10-3-4-11-17)21-14-13-16-9-6-8-15-7-2-5-12-18(15)16;/h2-9,12,17H,10-11,13-14H2,1H3,(H2,20,21,22);1H. The Balaban J connectivity index is 0.00000192. The van der Waals surface area contributed by atoms with Gasteiger partial charge in [-0.1, -0.05) is 54.6 Å². The van der Waals surface area contributed by atoms with Crippen LogP contribution in [0.2, 0.25) is 0 Å². The van der Waals surface area contributed by atoms with Gasteiger partial charge in [-0.2, -0.15) is 0 Å². The zero-order valence-corrected chi connectivity index (χ0v) is 15.8. The molecule has 0 spiro atoms. The van der Waals surface area contributed by atoms with Crippen LogP contribution >= 0.6 is 24.0 Å². The van der Waals surface area contributed by atoms with Crippen LogP contribution < -0.4 is 10.6 Å². The minimum Gasteiger partial charge on any atom is -0.356 e. The second kappa shape index (κ2) is 8.91. The fourth-order valence-corrected chi connectivity index (χ4v) is 2.95. The number of halogens is 1. The molecule has 122 valence electrons. The number of hydrogen-bond donors (Lipinski definition) is 2. The number of benzene rings is 2.